The molecule has 168 valence electrons. The van der Waals surface area contributed by atoms with Crippen molar-refractivity contribution in [2.75, 3.05) is 32.8 Å². The van der Waals surface area contributed by atoms with Crippen molar-refractivity contribution in [1.29, 1.82) is 0 Å². The zero-order valence-corrected chi connectivity index (χ0v) is 19.6. The van der Waals surface area contributed by atoms with Gasteiger partial charge in [-0.15, -0.1) is 0 Å². The van der Waals surface area contributed by atoms with Gasteiger partial charge in [0.15, 0.2) is 0 Å². The van der Waals surface area contributed by atoms with Gasteiger partial charge in [-0.05, 0) is 82.0 Å². The summed E-state index contributed by atoms with van der Waals surface area (Å²) in [6.45, 7) is 10.4. The molecular formula is C24H43FN2OS. The van der Waals surface area contributed by atoms with Crippen molar-refractivity contribution >= 4 is 11.9 Å². The first kappa shape index (κ1) is 22.4. The monoisotopic (exact) mass is 426 g/mol. The van der Waals surface area contributed by atoms with Crippen LogP contribution in [0.25, 0.3) is 0 Å². The zero-order chi connectivity index (χ0) is 20.2. The van der Waals surface area contributed by atoms with E-state index in [0.717, 1.165) is 75.1 Å². The second kappa shape index (κ2) is 10.7. The Kier molecular flexibility index (Phi) is 8.21. The summed E-state index contributed by atoms with van der Waals surface area (Å²) in [5.74, 6) is 2.39. The number of rotatable bonds is 4. The largest absolute Gasteiger partial charge is 0.378 e. The van der Waals surface area contributed by atoms with E-state index < -0.39 is 6.17 Å². The number of hydrogen-bond donors (Lipinski definition) is 0. The Balaban J connectivity index is 1.25. The average molecular weight is 427 g/mol. The third-order valence-corrected chi connectivity index (χ3v) is 9.74. The van der Waals surface area contributed by atoms with E-state index >= 15 is 0 Å². The lowest BCUT2D eigenvalue weighted by Crippen LogP contribution is -2.50. The van der Waals surface area contributed by atoms with Crippen LogP contribution in [0, 0.1) is 17.8 Å². The van der Waals surface area contributed by atoms with Gasteiger partial charge in [-0.1, -0.05) is 25.8 Å². The van der Waals surface area contributed by atoms with E-state index in [0.29, 0.717) is 12.1 Å². The quantitative estimate of drug-likeness (QED) is 0.548. The Morgan fingerprint density at radius 2 is 1.69 bits per heavy atom. The van der Waals surface area contributed by atoms with Gasteiger partial charge in [0.25, 0.3) is 0 Å². The van der Waals surface area contributed by atoms with Gasteiger partial charge in [-0.2, -0.15) is 0 Å². The predicted molar refractivity (Wildman–Crippen MR) is 121 cm³/mol. The normalized spacial score (nSPS) is 43.8. The number of ether oxygens (including phenoxy) is 1. The third-order valence-electron chi connectivity index (χ3n) is 8.15. The molecule has 0 spiro atoms. The molecule has 0 N–H and O–H groups in total. The molecule has 2 aliphatic heterocycles. The molecule has 2 saturated carbocycles. The lowest BCUT2D eigenvalue weighted by molar-refractivity contribution is -0.00247. The zero-order valence-electron chi connectivity index (χ0n) is 18.7. The van der Waals surface area contributed by atoms with E-state index in [1.807, 2.05) is 0 Å². The molecule has 5 heteroatoms. The van der Waals surface area contributed by atoms with Gasteiger partial charge in [0.05, 0.1) is 6.10 Å². The summed E-state index contributed by atoms with van der Waals surface area (Å²) in [5, 5.41) is 0.743. The fourth-order valence-corrected chi connectivity index (χ4v) is 7.61. The molecule has 0 radical (unpaired) electrons. The van der Waals surface area contributed by atoms with Gasteiger partial charge >= 0.3 is 0 Å². The van der Waals surface area contributed by atoms with Gasteiger partial charge in [0.2, 0.25) is 0 Å². The molecule has 2 heterocycles. The summed E-state index contributed by atoms with van der Waals surface area (Å²) >= 11 is 2.15. The number of alkyl halides is 1. The van der Waals surface area contributed by atoms with Crippen LogP contribution in [0.2, 0.25) is 0 Å². The molecule has 0 aromatic carbocycles. The molecule has 4 fully saturated rings. The van der Waals surface area contributed by atoms with Gasteiger partial charge < -0.3 is 4.74 Å². The molecule has 0 amide bonds. The minimum Gasteiger partial charge on any atom is -0.378 e. The highest BCUT2D eigenvalue weighted by Crippen LogP contribution is 2.42. The van der Waals surface area contributed by atoms with Crippen molar-refractivity contribution in [1.82, 2.24) is 9.21 Å². The standard InChI is InChI=1S/C24H43FN2OS/c1-18-5-4-14-28-23(15-18)20-9-8-19(2)24(16-20)29-27-12-10-26(11-13-27)22-7-3-6-21(25)17-22/h18-24H,3-17H2,1-2H3. The van der Waals surface area contributed by atoms with Crippen molar-refractivity contribution in [3.63, 3.8) is 0 Å². The molecule has 4 aliphatic rings. The molecule has 7 atom stereocenters. The van der Waals surface area contributed by atoms with Crippen LogP contribution in [0.4, 0.5) is 4.39 Å². The maximum Gasteiger partial charge on any atom is 0.102 e. The Labute approximate surface area is 182 Å². The van der Waals surface area contributed by atoms with Crippen LogP contribution in [0.3, 0.4) is 0 Å². The van der Waals surface area contributed by atoms with Gasteiger partial charge in [0.1, 0.15) is 6.17 Å². The molecule has 3 nitrogen and oxygen atoms in total. The van der Waals surface area contributed by atoms with Crippen LogP contribution in [0.5, 0.6) is 0 Å². The molecule has 4 rings (SSSR count). The molecule has 2 aliphatic carbocycles. The van der Waals surface area contributed by atoms with Crippen LogP contribution >= 0.6 is 11.9 Å². The van der Waals surface area contributed by atoms with Gasteiger partial charge in [-0.3, -0.25) is 4.90 Å². The van der Waals surface area contributed by atoms with E-state index in [4.69, 9.17) is 4.74 Å². The Hall–Kier alpha value is 0.160. The van der Waals surface area contributed by atoms with Crippen LogP contribution in [0.15, 0.2) is 0 Å². The second-order valence-corrected chi connectivity index (χ2v) is 11.8. The molecule has 29 heavy (non-hydrogen) atoms. The van der Waals surface area contributed by atoms with Crippen molar-refractivity contribution in [3.05, 3.63) is 0 Å². The number of nitrogens with zero attached hydrogens (tertiary/aromatic N) is 2. The van der Waals surface area contributed by atoms with Crippen LogP contribution in [0.1, 0.15) is 78.1 Å². The minimum absolute atomic E-state index is 0.498. The summed E-state index contributed by atoms with van der Waals surface area (Å²) in [6.07, 6.45) is 11.7. The van der Waals surface area contributed by atoms with Crippen LogP contribution in [-0.2, 0) is 4.74 Å². The lowest BCUT2D eigenvalue weighted by Gasteiger charge is -2.43. The number of hydrogen-bond acceptors (Lipinski definition) is 4. The van der Waals surface area contributed by atoms with E-state index in [1.165, 1.54) is 44.9 Å². The predicted octanol–water partition coefficient (Wildman–Crippen LogP) is 5.54. The highest BCUT2D eigenvalue weighted by atomic mass is 32.2. The van der Waals surface area contributed by atoms with E-state index in [9.17, 15) is 4.39 Å². The Bertz CT molecular complexity index is 501. The van der Waals surface area contributed by atoms with Crippen LogP contribution < -0.4 is 0 Å². The molecular weight excluding hydrogens is 383 g/mol. The Morgan fingerprint density at radius 3 is 2.48 bits per heavy atom. The Morgan fingerprint density at radius 1 is 0.862 bits per heavy atom. The van der Waals surface area contributed by atoms with Crippen molar-refractivity contribution in [2.45, 2.75) is 102 Å². The SMILES string of the molecule is CC1CCCOC(C2CCC(C)C(SN3CCN(C4CCCC(F)C4)CC3)C2)C1. The van der Waals surface area contributed by atoms with Gasteiger partial charge in [-0.25, -0.2) is 8.70 Å². The van der Waals surface area contributed by atoms with E-state index in [2.05, 4.69) is 35.0 Å². The average Bonchev–Trinajstić information content (AvgIpc) is 2.95. The molecule has 0 aromatic rings. The first-order valence-electron chi connectivity index (χ1n) is 12.5. The summed E-state index contributed by atoms with van der Waals surface area (Å²) in [7, 11) is 0. The van der Waals surface area contributed by atoms with Crippen molar-refractivity contribution in [3.8, 4) is 0 Å². The first-order valence-corrected chi connectivity index (χ1v) is 13.3. The fourth-order valence-electron chi connectivity index (χ4n) is 6.18. The number of halogens is 1. The highest BCUT2D eigenvalue weighted by molar-refractivity contribution is 7.97. The lowest BCUT2D eigenvalue weighted by atomic mass is 9.78. The maximum atomic E-state index is 13.8. The molecule has 2 saturated heterocycles. The summed E-state index contributed by atoms with van der Waals surface area (Å²) in [4.78, 5) is 2.58. The fraction of sp³-hybridized carbons (Fsp3) is 1.00. The topological polar surface area (TPSA) is 15.7 Å². The van der Waals surface area contributed by atoms with Crippen LogP contribution in [-0.4, -0.2) is 65.6 Å². The molecule has 0 bridgehead atoms. The van der Waals surface area contributed by atoms with Gasteiger partial charge in [0, 0.05) is 44.1 Å². The van der Waals surface area contributed by atoms with Crippen molar-refractivity contribution < 1.29 is 9.13 Å². The highest BCUT2D eigenvalue weighted by Gasteiger charge is 2.36. The third kappa shape index (κ3) is 6.11. The van der Waals surface area contributed by atoms with E-state index in [1.54, 1.807) is 0 Å². The maximum absolute atomic E-state index is 13.8. The smallest absolute Gasteiger partial charge is 0.102 e. The minimum atomic E-state index is -0.560. The summed E-state index contributed by atoms with van der Waals surface area (Å²) in [6, 6.07) is 0.498. The molecule has 7 unspecified atom stereocenters. The van der Waals surface area contributed by atoms with Crippen molar-refractivity contribution in [2.24, 2.45) is 17.8 Å². The summed E-state index contributed by atoms with van der Waals surface area (Å²) < 4.78 is 22.8. The first-order chi connectivity index (χ1) is 14.1. The second-order valence-electron chi connectivity index (χ2n) is 10.5. The van der Waals surface area contributed by atoms with E-state index in [-0.39, 0.29) is 0 Å². The molecule has 0 aromatic heterocycles. The number of piperazine rings is 1. The summed E-state index contributed by atoms with van der Waals surface area (Å²) in [5.41, 5.74) is 0.